The average molecular weight is 349 g/mol. The van der Waals surface area contributed by atoms with Gasteiger partial charge in [-0.15, -0.1) is 0 Å². The highest BCUT2D eigenvalue weighted by atomic mass is 16.5. The zero-order chi connectivity index (χ0) is 17.9. The van der Waals surface area contributed by atoms with E-state index in [9.17, 15) is 4.79 Å². The molecule has 1 saturated heterocycles. The Morgan fingerprint density at radius 3 is 2.46 bits per heavy atom. The summed E-state index contributed by atoms with van der Waals surface area (Å²) in [5, 5.41) is 4.08. The summed E-state index contributed by atoms with van der Waals surface area (Å²) in [6.45, 7) is 2.97. The third kappa shape index (κ3) is 3.23. The molecule has 1 aliphatic heterocycles. The third-order valence-corrected chi connectivity index (χ3v) is 4.51. The smallest absolute Gasteiger partial charge is 0.252 e. The van der Waals surface area contributed by atoms with Crippen LogP contribution in [0.2, 0.25) is 0 Å². The van der Waals surface area contributed by atoms with Crippen LogP contribution in [0, 0.1) is 0 Å². The molecule has 0 saturated carbocycles. The first kappa shape index (κ1) is 16.5. The van der Waals surface area contributed by atoms with Crippen LogP contribution >= 0.6 is 0 Å². The van der Waals surface area contributed by atoms with Crippen molar-refractivity contribution < 1.29 is 14.1 Å². The molecule has 0 aliphatic carbocycles. The van der Waals surface area contributed by atoms with Crippen LogP contribution in [0.5, 0.6) is 0 Å². The van der Waals surface area contributed by atoms with Crippen LogP contribution in [-0.2, 0) is 9.53 Å². The lowest BCUT2D eigenvalue weighted by Gasteiger charge is -2.32. The normalized spacial score (nSPS) is 17.3. The van der Waals surface area contributed by atoms with Crippen molar-refractivity contribution in [3.8, 4) is 22.5 Å². The molecule has 2 aromatic carbocycles. The van der Waals surface area contributed by atoms with Crippen LogP contribution < -0.4 is 0 Å². The van der Waals surface area contributed by atoms with Crippen LogP contribution in [0.25, 0.3) is 22.5 Å². The van der Waals surface area contributed by atoms with Gasteiger partial charge in [-0.2, -0.15) is 4.98 Å². The molecule has 26 heavy (non-hydrogen) atoms. The molecule has 0 unspecified atom stereocenters. The Kier molecular flexibility index (Phi) is 4.50. The minimum Gasteiger partial charge on any atom is -0.377 e. The molecule has 0 radical (unpaired) electrons. The summed E-state index contributed by atoms with van der Waals surface area (Å²) in [7, 11) is 0. The van der Waals surface area contributed by atoms with Crippen LogP contribution in [0.4, 0.5) is 0 Å². The van der Waals surface area contributed by atoms with E-state index in [0.717, 1.165) is 16.7 Å². The molecule has 1 atom stereocenters. The summed E-state index contributed by atoms with van der Waals surface area (Å²) in [5.74, 6) is 0.890. The van der Waals surface area contributed by atoms with Crippen LogP contribution in [0.15, 0.2) is 59.1 Å². The van der Waals surface area contributed by atoms with Gasteiger partial charge in [0.2, 0.25) is 11.7 Å². The van der Waals surface area contributed by atoms with Crippen molar-refractivity contribution in [2.45, 2.75) is 13.0 Å². The maximum Gasteiger partial charge on any atom is 0.252 e. The summed E-state index contributed by atoms with van der Waals surface area (Å²) in [5.41, 5.74) is 3.15. The molecule has 1 aromatic heterocycles. The Labute approximate surface area is 151 Å². The molecule has 6 nitrogen and oxygen atoms in total. The van der Waals surface area contributed by atoms with Crippen molar-refractivity contribution in [1.29, 1.82) is 0 Å². The third-order valence-electron chi connectivity index (χ3n) is 4.51. The van der Waals surface area contributed by atoms with E-state index in [4.69, 9.17) is 9.26 Å². The Morgan fingerprint density at radius 2 is 1.73 bits per heavy atom. The standard InChI is InChI=1S/C20H19N3O3/c1-14(24)23-11-12-25-13-18(23)20-21-19(22-26-20)17-9-7-16(8-10-17)15-5-3-2-4-6-15/h2-10,18H,11-13H2,1H3/t18-/m0/s1. The SMILES string of the molecule is CC(=O)N1CCOC[C@H]1c1nc(-c2ccc(-c3ccccc3)cc2)no1. The number of rotatable bonds is 3. The molecule has 0 N–H and O–H groups in total. The second kappa shape index (κ2) is 7.09. The Morgan fingerprint density at radius 1 is 1.04 bits per heavy atom. The van der Waals surface area contributed by atoms with Gasteiger partial charge in [-0.1, -0.05) is 59.8 Å². The molecular weight excluding hydrogens is 330 g/mol. The maximum absolute atomic E-state index is 11.8. The highest BCUT2D eigenvalue weighted by molar-refractivity contribution is 5.74. The molecule has 1 aliphatic rings. The largest absolute Gasteiger partial charge is 0.377 e. The lowest BCUT2D eigenvalue weighted by atomic mass is 10.0. The Bertz CT molecular complexity index is 890. The van der Waals surface area contributed by atoms with Crippen molar-refractivity contribution in [2.75, 3.05) is 19.8 Å². The molecule has 132 valence electrons. The number of carbonyl (C=O) groups excluding carboxylic acids is 1. The number of hydrogen-bond donors (Lipinski definition) is 0. The highest BCUT2D eigenvalue weighted by Crippen LogP contribution is 2.27. The van der Waals surface area contributed by atoms with Gasteiger partial charge in [-0.3, -0.25) is 4.79 Å². The van der Waals surface area contributed by atoms with Gasteiger partial charge >= 0.3 is 0 Å². The fraction of sp³-hybridized carbons (Fsp3) is 0.250. The molecule has 2 heterocycles. The van der Waals surface area contributed by atoms with E-state index in [0.29, 0.717) is 31.5 Å². The zero-order valence-electron chi connectivity index (χ0n) is 14.5. The summed E-state index contributed by atoms with van der Waals surface area (Å²) in [4.78, 5) is 18.0. The highest BCUT2D eigenvalue weighted by Gasteiger charge is 2.31. The first-order valence-corrected chi connectivity index (χ1v) is 8.57. The van der Waals surface area contributed by atoms with Crippen molar-refractivity contribution in [3.05, 3.63) is 60.5 Å². The number of nitrogens with zero attached hydrogens (tertiary/aromatic N) is 3. The monoisotopic (exact) mass is 349 g/mol. The summed E-state index contributed by atoms with van der Waals surface area (Å²) in [6.07, 6.45) is 0. The molecule has 6 heteroatoms. The van der Waals surface area contributed by atoms with Crippen molar-refractivity contribution in [1.82, 2.24) is 15.0 Å². The van der Waals surface area contributed by atoms with Gasteiger partial charge in [0.05, 0.1) is 13.2 Å². The number of hydrogen-bond acceptors (Lipinski definition) is 5. The second-order valence-electron chi connectivity index (χ2n) is 6.20. The van der Waals surface area contributed by atoms with Gasteiger partial charge in [-0.25, -0.2) is 0 Å². The predicted octanol–water partition coefficient (Wildman–Crippen LogP) is 3.32. The Balaban J connectivity index is 1.57. The minimum atomic E-state index is -0.328. The average Bonchev–Trinajstić information content (AvgIpc) is 3.19. The van der Waals surface area contributed by atoms with Crippen molar-refractivity contribution in [2.24, 2.45) is 0 Å². The second-order valence-corrected chi connectivity index (χ2v) is 6.20. The fourth-order valence-electron chi connectivity index (χ4n) is 3.12. The Hall–Kier alpha value is -2.99. The topological polar surface area (TPSA) is 68.5 Å². The molecular formula is C20H19N3O3. The zero-order valence-corrected chi connectivity index (χ0v) is 14.5. The fourth-order valence-corrected chi connectivity index (χ4v) is 3.12. The summed E-state index contributed by atoms with van der Waals surface area (Å²) >= 11 is 0. The van der Waals surface area contributed by atoms with Crippen LogP contribution in [-0.4, -0.2) is 40.7 Å². The van der Waals surface area contributed by atoms with Crippen molar-refractivity contribution in [3.63, 3.8) is 0 Å². The lowest BCUT2D eigenvalue weighted by Crippen LogP contribution is -2.42. The quantitative estimate of drug-likeness (QED) is 0.725. The first-order chi connectivity index (χ1) is 12.7. The summed E-state index contributed by atoms with van der Waals surface area (Å²) < 4.78 is 10.9. The molecule has 0 bridgehead atoms. The van der Waals surface area contributed by atoms with Crippen molar-refractivity contribution >= 4 is 5.91 Å². The number of carbonyl (C=O) groups is 1. The van der Waals surface area contributed by atoms with Gasteiger partial charge in [-0.05, 0) is 11.1 Å². The number of amides is 1. The molecule has 0 spiro atoms. The lowest BCUT2D eigenvalue weighted by molar-refractivity contribution is -0.138. The van der Waals surface area contributed by atoms with E-state index in [1.165, 1.54) is 6.92 Å². The van der Waals surface area contributed by atoms with E-state index in [1.807, 2.05) is 42.5 Å². The van der Waals surface area contributed by atoms with E-state index in [1.54, 1.807) is 4.90 Å². The maximum atomic E-state index is 11.8. The number of morpholine rings is 1. The molecule has 1 fully saturated rings. The van der Waals surface area contributed by atoms with E-state index >= 15 is 0 Å². The van der Waals surface area contributed by atoms with Gasteiger partial charge in [0.1, 0.15) is 6.04 Å². The number of ether oxygens (including phenoxy) is 1. The van der Waals surface area contributed by atoms with Crippen LogP contribution in [0.3, 0.4) is 0 Å². The van der Waals surface area contributed by atoms with Crippen LogP contribution in [0.1, 0.15) is 18.9 Å². The van der Waals surface area contributed by atoms with E-state index < -0.39 is 0 Å². The van der Waals surface area contributed by atoms with Gasteiger partial charge in [0.15, 0.2) is 0 Å². The first-order valence-electron chi connectivity index (χ1n) is 8.57. The predicted molar refractivity (Wildman–Crippen MR) is 96.1 cm³/mol. The van der Waals surface area contributed by atoms with E-state index in [-0.39, 0.29) is 11.9 Å². The molecule has 1 amide bonds. The molecule has 3 aromatic rings. The minimum absolute atomic E-state index is 0.0229. The van der Waals surface area contributed by atoms with Gasteiger partial charge in [0, 0.05) is 19.0 Å². The van der Waals surface area contributed by atoms with E-state index in [2.05, 4.69) is 22.3 Å². The number of benzene rings is 2. The number of aromatic nitrogens is 2. The molecule has 4 rings (SSSR count). The van der Waals surface area contributed by atoms with Gasteiger partial charge < -0.3 is 14.2 Å². The summed E-state index contributed by atoms with van der Waals surface area (Å²) in [6, 6.07) is 17.8. The van der Waals surface area contributed by atoms with Gasteiger partial charge in [0.25, 0.3) is 5.89 Å².